The van der Waals surface area contributed by atoms with Gasteiger partial charge in [0.2, 0.25) is 5.91 Å². The first-order chi connectivity index (χ1) is 12.0. The van der Waals surface area contributed by atoms with E-state index in [0.717, 1.165) is 10.6 Å². The summed E-state index contributed by atoms with van der Waals surface area (Å²) in [6.07, 6.45) is 0. The summed E-state index contributed by atoms with van der Waals surface area (Å²) in [4.78, 5) is 27.6. The number of aromatic nitrogens is 1. The number of rotatable bonds is 5. The fourth-order valence-corrected chi connectivity index (χ4v) is 3.01. The van der Waals surface area contributed by atoms with Gasteiger partial charge in [-0.25, -0.2) is 9.78 Å². The summed E-state index contributed by atoms with van der Waals surface area (Å²) >= 11 is 1.51. The van der Waals surface area contributed by atoms with Crippen molar-refractivity contribution in [2.24, 2.45) is 5.73 Å². The lowest BCUT2D eigenvalue weighted by Gasteiger charge is -2.03. The average molecular weight is 352 g/mol. The molecular weight excluding hydrogens is 336 g/mol. The van der Waals surface area contributed by atoms with Crippen LogP contribution in [0.25, 0.3) is 10.6 Å². The molecule has 1 aromatic heterocycles. The average Bonchev–Trinajstić information content (AvgIpc) is 3.09. The van der Waals surface area contributed by atoms with Gasteiger partial charge in [0.15, 0.2) is 0 Å². The van der Waals surface area contributed by atoms with Crippen LogP contribution >= 0.6 is 11.3 Å². The molecule has 0 saturated carbocycles. The highest BCUT2D eigenvalue weighted by molar-refractivity contribution is 7.13. The Morgan fingerprint density at radius 1 is 1.04 bits per heavy atom. The van der Waals surface area contributed by atoms with E-state index in [4.69, 9.17) is 10.5 Å². The number of esters is 1. The topological polar surface area (TPSA) is 82.3 Å². The number of carbonyl (C=O) groups is 2. The maximum absolute atomic E-state index is 12.1. The Hall–Kier alpha value is -2.99. The van der Waals surface area contributed by atoms with Crippen molar-refractivity contribution in [2.45, 2.75) is 13.5 Å². The Morgan fingerprint density at radius 2 is 1.68 bits per heavy atom. The maximum atomic E-state index is 12.1. The number of ether oxygens (including phenoxy) is 1. The van der Waals surface area contributed by atoms with Gasteiger partial charge in [0, 0.05) is 16.5 Å². The molecule has 0 aliphatic carbocycles. The van der Waals surface area contributed by atoms with E-state index in [9.17, 15) is 9.59 Å². The van der Waals surface area contributed by atoms with Crippen LogP contribution in [-0.4, -0.2) is 16.9 Å². The molecule has 5 nitrogen and oxygen atoms in total. The minimum Gasteiger partial charge on any atom is -0.456 e. The molecule has 1 amide bonds. The highest BCUT2D eigenvalue weighted by atomic mass is 32.1. The SMILES string of the molecule is Cc1ccc(-c2nc(COC(=O)c3ccc(C(N)=O)cc3)cs2)cc1. The van der Waals surface area contributed by atoms with Gasteiger partial charge in [-0.05, 0) is 31.2 Å². The molecule has 0 saturated heterocycles. The summed E-state index contributed by atoms with van der Waals surface area (Å²) < 4.78 is 5.27. The molecule has 0 fully saturated rings. The molecule has 2 aromatic carbocycles. The highest BCUT2D eigenvalue weighted by Crippen LogP contribution is 2.24. The molecule has 0 aliphatic heterocycles. The quantitative estimate of drug-likeness (QED) is 0.712. The second-order valence-electron chi connectivity index (χ2n) is 5.53. The lowest BCUT2D eigenvalue weighted by Crippen LogP contribution is -2.11. The summed E-state index contributed by atoms with van der Waals surface area (Å²) in [7, 11) is 0. The van der Waals surface area contributed by atoms with Crippen LogP contribution in [0.1, 0.15) is 32.0 Å². The van der Waals surface area contributed by atoms with Crippen LogP contribution in [0.2, 0.25) is 0 Å². The van der Waals surface area contributed by atoms with Gasteiger partial charge in [0.05, 0.1) is 11.3 Å². The van der Waals surface area contributed by atoms with E-state index in [1.807, 2.05) is 36.6 Å². The predicted octanol–water partition coefficient (Wildman–Crippen LogP) is 3.57. The Morgan fingerprint density at radius 3 is 2.32 bits per heavy atom. The number of nitrogens with two attached hydrogens (primary N) is 1. The Kier molecular flexibility index (Phi) is 4.90. The second kappa shape index (κ2) is 7.27. The molecule has 0 bridgehead atoms. The van der Waals surface area contributed by atoms with E-state index in [0.29, 0.717) is 16.8 Å². The van der Waals surface area contributed by atoms with Gasteiger partial charge >= 0.3 is 5.97 Å². The van der Waals surface area contributed by atoms with Gasteiger partial charge in [0.1, 0.15) is 11.6 Å². The normalized spacial score (nSPS) is 10.4. The number of benzene rings is 2. The van der Waals surface area contributed by atoms with E-state index in [2.05, 4.69) is 4.98 Å². The lowest BCUT2D eigenvalue weighted by molar-refractivity contribution is 0.0468. The minimum atomic E-state index is -0.536. The maximum Gasteiger partial charge on any atom is 0.338 e. The third-order valence-corrected chi connectivity index (χ3v) is 4.55. The molecule has 25 heavy (non-hydrogen) atoms. The van der Waals surface area contributed by atoms with Gasteiger partial charge in [-0.2, -0.15) is 0 Å². The Balaban J connectivity index is 1.62. The number of aryl methyl sites for hydroxylation is 1. The van der Waals surface area contributed by atoms with Gasteiger partial charge in [-0.1, -0.05) is 29.8 Å². The van der Waals surface area contributed by atoms with E-state index in [1.165, 1.54) is 41.2 Å². The third-order valence-electron chi connectivity index (χ3n) is 3.61. The number of primary amides is 1. The van der Waals surface area contributed by atoms with Crippen LogP contribution in [0.15, 0.2) is 53.9 Å². The third kappa shape index (κ3) is 4.10. The largest absolute Gasteiger partial charge is 0.456 e. The van der Waals surface area contributed by atoms with Crippen LogP contribution in [0, 0.1) is 6.92 Å². The van der Waals surface area contributed by atoms with E-state index >= 15 is 0 Å². The molecular formula is C19H16N2O3S. The van der Waals surface area contributed by atoms with E-state index in [1.54, 1.807) is 0 Å². The van der Waals surface area contributed by atoms with Crippen LogP contribution in [0.4, 0.5) is 0 Å². The van der Waals surface area contributed by atoms with Crippen molar-refractivity contribution in [1.82, 2.24) is 4.98 Å². The van der Waals surface area contributed by atoms with Gasteiger partial charge < -0.3 is 10.5 Å². The summed E-state index contributed by atoms with van der Waals surface area (Å²) in [5.74, 6) is -1.01. The fraction of sp³-hybridized carbons (Fsp3) is 0.105. The van der Waals surface area contributed by atoms with E-state index < -0.39 is 11.9 Å². The zero-order valence-electron chi connectivity index (χ0n) is 13.6. The molecule has 6 heteroatoms. The van der Waals surface area contributed by atoms with Crippen LogP contribution in [0.3, 0.4) is 0 Å². The number of hydrogen-bond donors (Lipinski definition) is 1. The molecule has 0 spiro atoms. The van der Waals surface area contributed by atoms with Crippen molar-refractivity contribution in [3.63, 3.8) is 0 Å². The zero-order chi connectivity index (χ0) is 17.8. The smallest absolute Gasteiger partial charge is 0.338 e. The fourth-order valence-electron chi connectivity index (χ4n) is 2.20. The minimum absolute atomic E-state index is 0.0960. The number of thiazole rings is 1. The molecule has 126 valence electrons. The number of amides is 1. The van der Waals surface area contributed by atoms with Crippen LogP contribution < -0.4 is 5.73 Å². The standard InChI is InChI=1S/C19H16N2O3S/c1-12-2-4-14(5-3-12)18-21-16(11-25-18)10-24-19(23)15-8-6-13(7-9-15)17(20)22/h2-9,11H,10H2,1H3,(H2,20,22). The van der Waals surface area contributed by atoms with Crippen LogP contribution in [-0.2, 0) is 11.3 Å². The summed E-state index contributed by atoms with van der Waals surface area (Å²) in [6, 6.07) is 14.1. The molecule has 3 aromatic rings. The molecule has 3 rings (SSSR count). The number of hydrogen-bond acceptors (Lipinski definition) is 5. The number of carbonyl (C=O) groups excluding carboxylic acids is 2. The number of nitrogens with zero attached hydrogens (tertiary/aromatic N) is 1. The summed E-state index contributed by atoms with van der Waals surface area (Å²) in [5, 5.41) is 2.76. The Bertz CT molecular complexity index is 899. The monoisotopic (exact) mass is 352 g/mol. The second-order valence-corrected chi connectivity index (χ2v) is 6.39. The van der Waals surface area contributed by atoms with Crippen molar-refractivity contribution in [2.75, 3.05) is 0 Å². The molecule has 0 radical (unpaired) electrons. The first kappa shape index (κ1) is 16.9. The summed E-state index contributed by atoms with van der Waals surface area (Å²) in [6.45, 7) is 2.13. The molecule has 1 heterocycles. The van der Waals surface area contributed by atoms with Crippen molar-refractivity contribution >= 4 is 23.2 Å². The molecule has 0 aliphatic rings. The van der Waals surface area contributed by atoms with Crippen molar-refractivity contribution < 1.29 is 14.3 Å². The Labute approximate surface area is 149 Å². The summed E-state index contributed by atoms with van der Waals surface area (Å²) in [5.41, 5.74) is 8.80. The lowest BCUT2D eigenvalue weighted by atomic mass is 10.1. The van der Waals surface area contributed by atoms with Crippen LogP contribution in [0.5, 0.6) is 0 Å². The van der Waals surface area contributed by atoms with Crippen molar-refractivity contribution in [1.29, 1.82) is 0 Å². The predicted molar refractivity (Wildman–Crippen MR) is 96.4 cm³/mol. The van der Waals surface area contributed by atoms with Crippen molar-refractivity contribution in [3.8, 4) is 10.6 Å². The van der Waals surface area contributed by atoms with Crippen molar-refractivity contribution in [3.05, 3.63) is 76.3 Å². The van der Waals surface area contributed by atoms with Gasteiger partial charge in [0.25, 0.3) is 0 Å². The molecule has 0 atom stereocenters. The molecule has 2 N–H and O–H groups in total. The van der Waals surface area contributed by atoms with Gasteiger partial charge in [-0.15, -0.1) is 11.3 Å². The van der Waals surface area contributed by atoms with E-state index in [-0.39, 0.29) is 6.61 Å². The highest BCUT2D eigenvalue weighted by Gasteiger charge is 2.11. The first-order valence-electron chi connectivity index (χ1n) is 7.61. The molecule has 0 unspecified atom stereocenters. The van der Waals surface area contributed by atoms with Gasteiger partial charge in [-0.3, -0.25) is 4.79 Å². The zero-order valence-corrected chi connectivity index (χ0v) is 14.4. The first-order valence-corrected chi connectivity index (χ1v) is 8.49.